The van der Waals surface area contributed by atoms with Crippen LogP contribution >= 0.6 is 0 Å². The molecule has 0 radical (unpaired) electrons. The number of carbonyl (C=O) groups is 1. The number of nitrogens with zero attached hydrogens (tertiary/aromatic N) is 5. The Morgan fingerprint density at radius 3 is 2.27 bits per heavy atom. The van der Waals surface area contributed by atoms with Gasteiger partial charge in [-0.15, -0.1) is 0 Å². The zero-order chi connectivity index (χ0) is 18.1. The molecule has 0 atom stereocenters. The van der Waals surface area contributed by atoms with Crippen molar-refractivity contribution in [3.05, 3.63) is 41.6 Å². The van der Waals surface area contributed by atoms with Gasteiger partial charge in [-0.25, -0.2) is 4.79 Å². The van der Waals surface area contributed by atoms with E-state index < -0.39 is 0 Å². The van der Waals surface area contributed by atoms with Crippen molar-refractivity contribution >= 4 is 6.03 Å². The molecule has 2 aromatic rings. The summed E-state index contributed by atoms with van der Waals surface area (Å²) in [6.45, 7) is 5.09. The quantitative estimate of drug-likeness (QED) is 0.786. The van der Waals surface area contributed by atoms with Crippen LogP contribution in [0.4, 0.5) is 4.79 Å². The molecule has 1 saturated heterocycles. The lowest BCUT2D eigenvalue weighted by Gasteiger charge is -2.35. The van der Waals surface area contributed by atoms with Crippen LogP contribution in [-0.4, -0.2) is 76.8 Å². The molecule has 0 aliphatic carbocycles. The average molecular weight is 353 g/mol. The lowest BCUT2D eigenvalue weighted by molar-refractivity contribution is 0.123. The van der Waals surface area contributed by atoms with E-state index in [1.54, 1.807) is 0 Å². The molecular formula is C20H27N5O. The third-order valence-corrected chi connectivity index (χ3v) is 5.57. The van der Waals surface area contributed by atoms with Gasteiger partial charge in [-0.2, -0.15) is 5.10 Å². The molecule has 2 aliphatic rings. The van der Waals surface area contributed by atoms with Gasteiger partial charge >= 0.3 is 6.03 Å². The number of benzene rings is 1. The van der Waals surface area contributed by atoms with E-state index in [1.807, 2.05) is 27.6 Å². The largest absolute Gasteiger partial charge is 0.324 e. The van der Waals surface area contributed by atoms with Gasteiger partial charge in [0, 0.05) is 63.9 Å². The molecule has 0 saturated carbocycles. The number of aromatic nitrogens is 2. The van der Waals surface area contributed by atoms with Crippen molar-refractivity contribution in [1.82, 2.24) is 24.5 Å². The van der Waals surface area contributed by atoms with Crippen LogP contribution in [0.5, 0.6) is 0 Å². The number of likely N-dealkylation sites (N-methyl/N-ethyl adjacent to an activating group) is 1. The lowest BCUT2D eigenvalue weighted by Crippen LogP contribution is -2.52. The number of urea groups is 1. The van der Waals surface area contributed by atoms with Crippen LogP contribution in [-0.2, 0) is 19.9 Å². The van der Waals surface area contributed by atoms with E-state index in [-0.39, 0.29) is 6.03 Å². The molecule has 0 N–H and O–H groups in total. The molecule has 4 rings (SSSR count). The summed E-state index contributed by atoms with van der Waals surface area (Å²) in [4.78, 5) is 19.2. The summed E-state index contributed by atoms with van der Waals surface area (Å²) >= 11 is 0. The highest BCUT2D eigenvalue weighted by atomic mass is 16.2. The second-order valence-corrected chi connectivity index (χ2v) is 7.32. The summed E-state index contributed by atoms with van der Waals surface area (Å²) in [5.74, 6) is 0. The van der Waals surface area contributed by atoms with Crippen LogP contribution in [0.1, 0.15) is 11.3 Å². The van der Waals surface area contributed by atoms with E-state index in [0.717, 1.165) is 57.8 Å². The Morgan fingerprint density at radius 2 is 1.54 bits per heavy atom. The van der Waals surface area contributed by atoms with Crippen molar-refractivity contribution in [2.24, 2.45) is 7.05 Å². The Hall–Kier alpha value is -2.34. The number of hydrogen-bond donors (Lipinski definition) is 0. The van der Waals surface area contributed by atoms with Crippen molar-refractivity contribution in [2.75, 3.05) is 46.3 Å². The first-order chi connectivity index (χ1) is 12.6. The van der Waals surface area contributed by atoms with Crippen molar-refractivity contribution < 1.29 is 4.79 Å². The SMILES string of the molecule is CN1CCN(C(=O)N2CCc3nn(C)c(-c4ccccc4)c3CC2)CC1. The maximum absolute atomic E-state index is 12.9. The summed E-state index contributed by atoms with van der Waals surface area (Å²) in [5, 5.41) is 4.76. The number of hydrogen-bond acceptors (Lipinski definition) is 3. The summed E-state index contributed by atoms with van der Waals surface area (Å²) in [7, 11) is 4.13. The van der Waals surface area contributed by atoms with Gasteiger partial charge in [0.2, 0.25) is 0 Å². The predicted molar refractivity (Wildman–Crippen MR) is 102 cm³/mol. The van der Waals surface area contributed by atoms with Crippen LogP contribution in [0.25, 0.3) is 11.3 Å². The van der Waals surface area contributed by atoms with Gasteiger partial charge in [0.1, 0.15) is 0 Å². The van der Waals surface area contributed by atoms with E-state index in [1.165, 1.54) is 16.8 Å². The molecule has 1 aromatic carbocycles. The monoisotopic (exact) mass is 353 g/mol. The molecule has 2 aliphatic heterocycles. The van der Waals surface area contributed by atoms with Gasteiger partial charge in [-0.05, 0) is 13.5 Å². The number of amides is 2. The van der Waals surface area contributed by atoms with E-state index >= 15 is 0 Å². The second-order valence-electron chi connectivity index (χ2n) is 7.32. The lowest BCUT2D eigenvalue weighted by atomic mass is 10.0. The molecule has 0 spiro atoms. The highest BCUT2D eigenvalue weighted by Crippen LogP contribution is 2.28. The van der Waals surface area contributed by atoms with E-state index in [2.05, 4.69) is 36.2 Å². The molecule has 0 unspecified atom stereocenters. The normalized spacial score (nSPS) is 18.5. The van der Waals surface area contributed by atoms with Gasteiger partial charge < -0.3 is 14.7 Å². The van der Waals surface area contributed by atoms with Crippen LogP contribution in [0.2, 0.25) is 0 Å². The maximum Gasteiger partial charge on any atom is 0.320 e. The molecule has 138 valence electrons. The van der Waals surface area contributed by atoms with Gasteiger partial charge in [-0.3, -0.25) is 4.68 Å². The second kappa shape index (κ2) is 7.11. The molecular weight excluding hydrogens is 326 g/mol. The predicted octanol–water partition coefficient (Wildman–Crippen LogP) is 1.86. The molecule has 3 heterocycles. The number of piperazine rings is 1. The average Bonchev–Trinajstić information content (AvgIpc) is 2.84. The number of rotatable bonds is 1. The summed E-state index contributed by atoms with van der Waals surface area (Å²) in [5.41, 5.74) is 4.82. The fourth-order valence-corrected chi connectivity index (χ4v) is 4.03. The van der Waals surface area contributed by atoms with Gasteiger partial charge in [0.15, 0.2) is 0 Å². The Morgan fingerprint density at radius 1 is 0.885 bits per heavy atom. The minimum absolute atomic E-state index is 0.189. The Labute approximate surface area is 155 Å². The van der Waals surface area contributed by atoms with Gasteiger partial charge in [0.25, 0.3) is 0 Å². The third kappa shape index (κ3) is 3.21. The first-order valence-electron chi connectivity index (χ1n) is 9.46. The summed E-state index contributed by atoms with van der Waals surface area (Å²) in [6.07, 6.45) is 1.70. The van der Waals surface area contributed by atoms with E-state index in [9.17, 15) is 4.79 Å². The molecule has 6 nitrogen and oxygen atoms in total. The molecule has 1 fully saturated rings. The van der Waals surface area contributed by atoms with Crippen molar-refractivity contribution in [1.29, 1.82) is 0 Å². The summed E-state index contributed by atoms with van der Waals surface area (Å²) in [6, 6.07) is 10.6. The van der Waals surface area contributed by atoms with Gasteiger partial charge in [-0.1, -0.05) is 30.3 Å². The van der Waals surface area contributed by atoms with Crippen LogP contribution in [0, 0.1) is 0 Å². The smallest absolute Gasteiger partial charge is 0.320 e. The number of carbonyl (C=O) groups excluding carboxylic acids is 1. The van der Waals surface area contributed by atoms with Crippen LogP contribution < -0.4 is 0 Å². The number of fused-ring (bicyclic) bond motifs is 1. The minimum atomic E-state index is 0.189. The Kier molecular flexibility index (Phi) is 4.68. The topological polar surface area (TPSA) is 44.6 Å². The Balaban J connectivity index is 1.51. The fourth-order valence-electron chi connectivity index (χ4n) is 4.03. The van der Waals surface area contributed by atoms with E-state index in [0.29, 0.717) is 0 Å². The first kappa shape index (κ1) is 17.1. The molecule has 1 aromatic heterocycles. The zero-order valence-electron chi connectivity index (χ0n) is 15.7. The molecule has 26 heavy (non-hydrogen) atoms. The highest BCUT2D eigenvalue weighted by molar-refractivity contribution is 5.75. The van der Waals surface area contributed by atoms with Gasteiger partial charge in [0.05, 0.1) is 11.4 Å². The van der Waals surface area contributed by atoms with Crippen molar-refractivity contribution in [3.8, 4) is 11.3 Å². The maximum atomic E-state index is 12.9. The molecule has 0 bridgehead atoms. The van der Waals surface area contributed by atoms with Crippen molar-refractivity contribution in [2.45, 2.75) is 12.8 Å². The first-order valence-corrected chi connectivity index (χ1v) is 9.46. The minimum Gasteiger partial charge on any atom is -0.324 e. The van der Waals surface area contributed by atoms with Crippen molar-refractivity contribution in [3.63, 3.8) is 0 Å². The number of aryl methyl sites for hydroxylation is 1. The van der Waals surface area contributed by atoms with E-state index in [4.69, 9.17) is 5.10 Å². The third-order valence-electron chi connectivity index (χ3n) is 5.57. The van der Waals surface area contributed by atoms with Crippen LogP contribution in [0.15, 0.2) is 30.3 Å². The Bertz CT molecular complexity index is 777. The summed E-state index contributed by atoms with van der Waals surface area (Å²) < 4.78 is 2.00. The zero-order valence-corrected chi connectivity index (χ0v) is 15.7. The van der Waals surface area contributed by atoms with Crippen LogP contribution in [0.3, 0.4) is 0 Å². The fraction of sp³-hybridized carbons (Fsp3) is 0.500. The highest BCUT2D eigenvalue weighted by Gasteiger charge is 2.28. The standard InChI is InChI=1S/C20H27N5O/c1-22-12-14-25(15-13-22)20(26)24-10-8-17-18(9-11-24)21-23(2)19(17)16-6-4-3-5-7-16/h3-7H,8-15H2,1-2H3. The molecule has 2 amide bonds. The molecule has 6 heteroatoms.